The summed E-state index contributed by atoms with van der Waals surface area (Å²) in [4.78, 5) is 13.7. The van der Waals surface area contributed by atoms with E-state index in [1.54, 1.807) is 12.1 Å². The molecule has 1 saturated carbocycles. The second-order valence-electron chi connectivity index (χ2n) is 10.8. The van der Waals surface area contributed by atoms with Crippen molar-refractivity contribution in [2.75, 3.05) is 6.79 Å². The van der Waals surface area contributed by atoms with Crippen LogP contribution in [0.5, 0.6) is 11.5 Å². The van der Waals surface area contributed by atoms with Gasteiger partial charge in [0.15, 0.2) is 11.5 Å². The zero-order chi connectivity index (χ0) is 25.7. The second kappa shape index (κ2) is 8.75. The fourth-order valence-electron chi connectivity index (χ4n) is 4.77. The van der Waals surface area contributed by atoms with Crippen molar-refractivity contribution in [1.29, 1.82) is 0 Å². The molecule has 2 aliphatic rings. The van der Waals surface area contributed by atoms with E-state index in [-0.39, 0.29) is 18.9 Å². The highest BCUT2D eigenvalue weighted by atomic mass is 32.2. The Hall–Kier alpha value is -3.16. The summed E-state index contributed by atoms with van der Waals surface area (Å²) < 4.78 is 38.9. The Morgan fingerprint density at radius 3 is 2.33 bits per heavy atom. The van der Waals surface area contributed by atoms with E-state index < -0.39 is 21.0 Å². The smallest absolute Gasteiger partial charge is 0.241 e. The van der Waals surface area contributed by atoms with E-state index in [9.17, 15) is 13.2 Å². The first kappa shape index (κ1) is 24.5. The van der Waals surface area contributed by atoms with Crippen LogP contribution in [0.15, 0.2) is 65.6 Å². The molecule has 0 radical (unpaired) electrons. The topological polar surface area (TPSA) is 81.7 Å². The first-order valence-corrected chi connectivity index (χ1v) is 13.6. The van der Waals surface area contributed by atoms with Crippen molar-refractivity contribution in [3.05, 3.63) is 77.4 Å². The summed E-state index contributed by atoms with van der Waals surface area (Å²) in [5.41, 5.74) is 3.88. The van der Waals surface area contributed by atoms with Gasteiger partial charge in [-0.2, -0.15) is 0 Å². The van der Waals surface area contributed by atoms with Crippen molar-refractivity contribution >= 4 is 15.8 Å². The maximum absolute atomic E-state index is 13.5. The number of sulfonamides is 1. The summed E-state index contributed by atoms with van der Waals surface area (Å²) in [6.07, 6.45) is 2.01. The lowest BCUT2D eigenvalue weighted by Crippen LogP contribution is -2.40. The summed E-state index contributed by atoms with van der Waals surface area (Å²) >= 11 is 0. The van der Waals surface area contributed by atoms with Gasteiger partial charge in [0.2, 0.25) is 16.8 Å². The van der Waals surface area contributed by atoms with Gasteiger partial charge < -0.3 is 9.47 Å². The van der Waals surface area contributed by atoms with Gasteiger partial charge in [0.05, 0.1) is 10.3 Å². The Labute approximate surface area is 214 Å². The second-order valence-corrected chi connectivity index (χ2v) is 12.5. The number of hydrogen-bond acceptors (Lipinski definition) is 5. The third-order valence-electron chi connectivity index (χ3n) is 6.79. The number of nitrogens with one attached hydrogen (secondary N) is 1. The van der Waals surface area contributed by atoms with Crippen LogP contribution in [0.4, 0.5) is 0 Å². The molecular formula is C29H33NO5S. The van der Waals surface area contributed by atoms with Gasteiger partial charge in [-0.25, -0.2) is 13.1 Å². The van der Waals surface area contributed by atoms with E-state index >= 15 is 0 Å². The van der Waals surface area contributed by atoms with Crippen LogP contribution in [0.2, 0.25) is 0 Å². The number of aryl methyl sites for hydroxylation is 1. The molecule has 0 bridgehead atoms. The standard InChI is InChI=1S/C29H31NO5S.H2/c1-19-5-6-20(15-24(19)21-7-10-23(11-8-21)36(32,33)30-28(2,3)4)16-27(31)29(13-14-29)22-9-12-25-26(17-22)35-18-34-25;/h5-12,15,17,30H,13-14,16,18H2,1-4H3;1H. The number of fused-ring (bicyclic) bond motifs is 1. The van der Waals surface area contributed by atoms with Gasteiger partial charge >= 0.3 is 0 Å². The van der Waals surface area contributed by atoms with Crippen molar-refractivity contribution in [2.24, 2.45) is 0 Å². The van der Waals surface area contributed by atoms with Crippen LogP contribution < -0.4 is 14.2 Å². The molecule has 1 aliphatic heterocycles. The third kappa shape index (κ3) is 4.77. The average Bonchev–Trinajstić information content (AvgIpc) is 3.50. The number of Topliss-reactive ketones (excluding diaryl/α,β-unsaturated/α-hetero) is 1. The molecule has 0 aromatic heterocycles. The molecule has 0 spiro atoms. The summed E-state index contributed by atoms with van der Waals surface area (Å²) in [7, 11) is -3.60. The van der Waals surface area contributed by atoms with Crippen molar-refractivity contribution < 1.29 is 24.1 Å². The summed E-state index contributed by atoms with van der Waals surface area (Å²) in [5, 5.41) is 0. The van der Waals surface area contributed by atoms with Crippen molar-refractivity contribution in [2.45, 2.75) is 62.8 Å². The summed E-state index contributed by atoms with van der Waals surface area (Å²) in [6, 6.07) is 18.7. The third-order valence-corrected chi connectivity index (χ3v) is 8.57. The maximum atomic E-state index is 13.5. The lowest BCUT2D eigenvalue weighted by atomic mass is 9.87. The Morgan fingerprint density at radius 1 is 0.972 bits per heavy atom. The summed E-state index contributed by atoms with van der Waals surface area (Å²) in [6.45, 7) is 7.67. The number of rotatable bonds is 7. The average molecular weight is 508 g/mol. The van der Waals surface area contributed by atoms with Gasteiger partial charge in [-0.15, -0.1) is 0 Å². The van der Waals surface area contributed by atoms with Crippen molar-refractivity contribution in [1.82, 2.24) is 4.72 Å². The molecule has 7 heteroatoms. The highest BCUT2D eigenvalue weighted by molar-refractivity contribution is 7.89. The minimum absolute atomic E-state index is 0. The number of ketones is 1. The monoisotopic (exact) mass is 507 g/mol. The van der Waals surface area contributed by atoms with E-state index in [1.807, 2.05) is 76.2 Å². The van der Waals surface area contributed by atoms with Gasteiger partial charge in [-0.3, -0.25) is 4.79 Å². The van der Waals surface area contributed by atoms with Crippen LogP contribution in [0.1, 0.15) is 51.7 Å². The summed E-state index contributed by atoms with van der Waals surface area (Å²) in [5.74, 6) is 1.62. The Kier molecular flexibility index (Phi) is 5.96. The fraction of sp³-hybridized carbons (Fsp3) is 0.345. The molecule has 0 saturated heterocycles. The van der Waals surface area contributed by atoms with Gasteiger partial charge in [0, 0.05) is 13.4 Å². The molecule has 36 heavy (non-hydrogen) atoms. The van der Waals surface area contributed by atoms with Crippen LogP contribution in [0.25, 0.3) is 11.1 Å². The molecule has 190 valence electrons. The first-order chi connectivity index (χ1) is 17.0. The number of hydrogen-bond donors (Lipinski definition) is 1. The molecule has 0 unspecified atom stereocenters. The lowest BCUT2D eigenvalue weighted by Gasteiger charge is -2.20. The first-order valence-electron chi connectivity index (χ1n) is 12.1. The van der Waals surface area contributed by atoms with Crippen LogP contribution in [-0.2, 0) is 26.7 Å². The van der Waals surface area contributed by atoms with Crippen molar-refractivity contribution in [3.63, 3.8) is 0 Å². The molecule has 1 fully saturated rings. The fourth-order valence-corrected chi connectivity index (χ4v) is 6.19. The highest BCUT2D eigenvalue weighted by Crippen LogP contribution is 2.51. The van der Waals surface area contributed by atoms with Crippen LogP contribution >= 0.6 is 0 Å². The highest BCUT2D eigenvalue weighted by Gasteiger charge is 2.50. The minimum Gasteiger partial charge on any atom is -0.454 e. The van der Waals surface area contributed by atoms with Gasteiger partial charge in [0.25, 0.3) is 0 Å². The van der Waals surface area contributed by atoms with E-state index in [1.165, 1.54) is 0 Å². The number of carbonyl (C=O) groups excluding carboxylic acids is 1. The maximum Gasteiger partial charge on any atom is 0.241 e. The predicted octanol–water partition coefficient (Wildman–Crippen LogP) is 5.56. The molecule has 6 nitrogen and oxygen atoms in total. The molecule has 5 rings (SSSR count). The van der Waals surface area contributed by atoms with Crippen molar-refractivity contribution in [3.8, 4) is 22.6 Å². The molecule has 0 atom stereocenters. The number of carbonyl (C=O) groups is 1. The van der Waals surface area contributed by atoms with Gasteiger partial charge in [-0.1, -0.05) is 36.4 Å². The molecule has 0 amide bonds. The molecule has 1 aliphatic carbocycles. The predicted molar refractivity (Wildman–Crippen MR) is 141 cm³/mol. The largest absolute Gasteiger partial charge is 0.454 e. The molecule has 1 N–H and O–H groups in total. The molecule has 1 heterocycles. The Morgan fingerprint density at radius 2 is 1.67 bits per heavy atom. The number of ether oxygens (including phenoxy) is 2. The minimum atomic E-state index is -3.60. The molecular weight excluding hydrogens is 474 g/mol. The van der Waals surface area contributed by atoms with E-state index in [4.69, 9.17) is 9.47 Å². The zero-order valence-electron chi connectivity index (χ0n) is 21.1. The van der Waals surface area contributed by atoms with Crippen LogP contribution in [0.3, 0.4) is 0 Å². The van der Waals surface area contributed by atoms with Crippen LogP contribution in [0, 0.1) is 6.92 Å². The van der Waals surface area contributed by atoms with Crippen LogP contribution in [-0.4, -0.2) is 26.5 Å². The zero-order valence-corrected chi connectivity index (χ0v) is 21.9. The number of benzene rings is 3. The molecule has 3 aromatic carbocycles. The van der Waals surface area contributed by atoms with Gasteiger partial charge in [0.1, 0.15) is 5.78 Å². The molecule has 3 aromatic rings. The Balaban J connectivity index is 0.00000320. The van der Waals surface area contributed by atoms with E-state index in [2.05, 4.69) is 4.72 Å². The SMILES string of the molecule is Cc1ccc(CC(=O)C2(c3ccc4c(c3)OCO4)CC2)cc1-c1ccc(S(=O)(=O)NC(C)(C)C)cc1.[HH]. The lowest BCUT2D eigenvalue weighted by molar-refractivity contribution is -0.120. The van der Waals surface area contributed by atoms with E-state index in [0.29, 0.717) is 12.2 Å². The normalized spacial score (nSPS) is 16.1. The van der Waals surface area contributed by atoms with Gasteiger partial charge in [-0.05, 0) is 92.6 Å². The quantitative estimate of drug-likeness (QED) is 0.453. The Bertz CT molecular complexity index is 1440. The van der Waals surface area contributed by atoms with E-state index in [0.717, 1.165) is 46.4 Å².